The first kappa shape index (κ1) is 10.8. The Hall–Kier alpha value is -1.68. The Morgan fingerprint density at radius 3 is 2.75 bits per heavy atom. The molecule has 0 aliphatic heterocycles. The van der Waals surface area contributed by atoms with Crippen LogP contribution in [0, 0.1) is 0 Å². The van der Waals surface area contributed by atoms with Crippen LogP contribution in [-0.4, -0.2) is 22.1 Å². The highest BCUT2D eigenvalue weighted by atomic mass is 16.5. The molecular weight excluding hydrogens is 202 g/mol. The Bertz CT molecular complexity index is 486. The van der Waals surface area contributed by atoms with Crippen molar-refractivity contribution in [3.63, 3.8) is 0 Å². The predicted molar refractivity (Wildman–Crippen MR) is 63.3 cm³/mol. The van der Waals surface area contributed by atoms with Gasteiger partial charge in [-0.1, -0.05) is 12.1 Å². The third kappa shape index (κ3) is 2.46. The molecule has 0 saturated heterocycles. The zero-order chi connectivity index (χ0) is 11.6. The van der Waals surface area contributed by atoms with Gasteiger partial charge in [0.15, 0.2) is 0 Å². The fourth-order valence-electron chi connectivity index (χ4n) is 1.35. The molecule has 0 aliphatic rings. The van der Waals surface area contributed by atoms with E-state index in [0.717, 1.165) is 10.9 Å². The lowest BCUT2D eigenvalue weighted by atomic mass is 10.1. The maximum absolute atomic E-state index is 5.86. The van der Waals surface area contributed by atoms with Gasteiger partial charge in [-0.15, -0.1) is 0 Å². The Labute approximate surface area is 94.5 Å². The van der Waals surface area contributed by atoms with Crippen LogP contribution in [0.2, 0.25) is 0 Å². The third-order valence-electron chi connectivity index (χ3n) is 2.09. The summed E-state index contributed by atoms with van der Waals surface area (Å²) >= 11 is 0. The number of ether oxygens (including phenoxy) is 1. The molecule has 0 radical (unpaired) electrons. The molecule has 1 heterocycles. The molecule has 4 nitrogen and oxygen atoms in total. The molecule has 16 heavy (non-hydrogen) atoms. The number of rotatable bonds is 3. The van der Waals surface area contributed by atoms with Crippen LogP contribution in [0.15, 0.2) is 30.6 Å². The lowest BCUT2D eigenvalue weighted by Gasteiger charge is -2.18. The average Bonchev–Trinajstić information content (AvgIpc) is 2.25. The van der Waals surface area contributed by atoms with Gasteiger partial charge in [-0.3, -0.25) is 0 Å². The maximum atomic E-state index is 5.86. The first-order valence-corrected chi connectivity index (χ1v) is 5.18. The van der Waals surface area contributed by atoms with Crippen LogP contribution < -0.4 is 10.5 Å². The molecule has 4 heteroatoms. The molecule has 0 amide bonds. The third-order valence-corrected chi connectivity index (χ3v) is 2.09. The molecule has 0 unspecified atom stereocenters. The van der Waals surface area contributed by atoms with E-state index in [9.17, 15) is 0 Å². The minimum atomic E-state index is -0.369. The van der Waals surface area contributed by atoms with Crippen molar-refractivity contribution in [3.05, 3.63) is 30.6 Å². The standard InChI is InChI=1S/C12H15N3O/c1-12(2,13)7-16-11-9-5-3-4-6-10(9)14-8-15-11/h3-6,8H,7,13H2,1-2H3. The van der Waals surface area contributed by atoms with Crippen LogP contribution in [0.5, 0.6) is 5.88 Å². The minimum Gasteiger partial charge on any atom is -0.475 e. The Kier molecular flexibility index (Phi) is 2.75. The van der Waals surface area contributed by atoms with Gasteiger partial charge in [0.2, 0.25) is 5.88 Å². The van der Waals surface area contributed by atoms with Crippen LogP contribution in [0.3, 0.4) is 0 Å². The summed E-state index contributed by atoms with van der Waals surface area (Å²) in [5.41, 5.74) is 6.37. The summed E-state index contributed by atoms with van der Waals surface area (Å²) in [6.07, 6.45) is 1.50. The van der Waals surface area contributed by atoms with Gasteiger partial charge in [0.1, 0.15) is 12.9 Å². The topological polar surface area (TPSA) is 61.0 Å². The van der Waals surface area contributed by atoms with E-state index in [1.165, 1.54) is 6.33 Å². The summed E-state index contributed by atoms with van der Waals surface area (Å²) < 4.78 is 5.61. The Morgan fingerprint density at radius 1 is 1.25 bits per heavy atom. The smallest absolute Gasteiger partial charge is 0.224 e. The van der Waals surface area contributed by atoms with Crippen LogP contribution in [0.25, 0.3) is 10.9 Å². The van der Waals surface area contributed by atoms with E-state index in [1.807, 2.05) is 38.1 Å². The first-order valence-electron chi connectivity index (χ1n) is 5.18. The normalized spacial score (nSPS) is 11.7. The summed E-state index contributed by atoms with van der Waals surface area (Å²) in [7, 11) is 0. The highest BCUT2D eigenvalue weighted by Crippen LogP contribution is 2.20. The first-order chi connectivity index (χ1) is 7.56. The zero-order valence-electron chi connectivity index (χ0n) is 9.47. The number of fused-ring (bicyclic) bond motifs is 1. The van der Waals surface area contributed by atoms with Crippen LogP contribution >= 0.6 is 0 Å². The minimum absolute atomic E-state index is 0.369. The number of benzene rings is 1. The van der Waals surface area contributed by atoms with Crippen molar-refractivity contribution >= 4 is 10.9 Å². The van der Waals surface area contributed by atoms with Gasteiger partial charge >= 0.3 is 0 Å². The second-order valence-electron chi connectivity index (χ2n) is 4.47. The summed E-state index contributed by atoms with van der Waals surface area (Å²) in [6.45, 7) is 4.25. The van der Waals surface area contributed by atoms with Gasteiger partial charge in [-0.25, -0.2) is 9.97 Å². The van der Waals surface area contributed by atoms with Gasteiger partial charge < -0.3 is 10.5 Å². The number of para-hydroxylation sites is 1. The second-order valence-corrected chi connectivity index (χ2v) is 4.47. The molecule has 0 fully saturated rings. The van der Waals surface area contributed by atoms with Gasteiger partial charge in [0, 0.05) is 5.54 Å². The van der Waals surface area contributed by atoms with E-state index in [4.69, 9.17) is 10.5 Å². The SMILES string of the molecule is CC(C)(N)COc1ncnc2ccccc12. The number of hydrogen-bond acceptors (Lipinski definition) is 4. The van der Waals surface area contributed by atoms with Crippen molar-refractivity contribution in [2.75, 3.05) is 6.61 Å². The van der Waals surface area contributed by atoms with Crippen molar-refractivity contribution in [2.45, 2.75) is 19.4 Å². The molecule has 1 aromatic heterocycles. The molecule has 2 aromatic rings. The van der Waals surface area contributed by atoms with Crippen molar-refractivity contribution in [3.8, 4) is 5.88 Å². The molecule has 0 aliphatic carbocycles. The van der Waals surface area contributed by atoms with E-state index in [1.54, 1.807) is 0 Å². The van der Waals surface area contributed by atoms with Crippen molar-refractivity contribution in [2.24, 2.45) is 5.73 Å². The number of nitrogens with zero attached hydrogens (tertiary/aromatic N) is 2. The quantitative estimate of drug-likeness (QED) is 0.850. The second kappa shape index (κ2) is 4.06. The van der Waals surface area contributed by atoms with Crippen molar-refractivity contribution in [1.82, 2.24) is 9.97 Å². The highest BCUT2D eigenvalue weighted by Gasteiger charge is 2.13. The van der Waals surface area contributed by atoms with Gasteiger partial charge in [-0.05, 0) is 26.0 Å². The Balaban J connectivity index is 2.30. The maximum Gasteiger partial charge on any atom is 0.224 e. The van der Waals surface area contributed by atoms with E-state index < -0.39 is 0 Å². The molecule has 2 rings (SSSR count). The molecule has 0 atom stereocenters. The fraction of sp³-hybridized carbons (Fsp3) is 0.333. The summed E-state index contributed by atoms with van der Waals surface area (Å²) in [4.78, 5) is 8.28. The predicted octanol–water partition coefficient (Wildman–Crippen LogP) is 1.75. The molecule has 2 N–H and O–H groups in total. The van der Waals surface area contributed by atoms with Crippen LogP contribution in [0.4, 0.5) is 0 Å². The van der Waals surface area contributed by atoms with Gasteiger partial charge in [0.05, 0.1) is 10.9 Å². The summed E-state index contributed by atoms with van der Waals surface area (Å²) in [6, 6.07) is 7.74. The molecule has 0 spiro atoms. The van der Waals surface area contributed by atoms with Crippen molar-refractivity contribution in [1.29, 1.82) is 0 Å². The average molecular weight is 217 g/mol. The largest absolute Gasteiger partial charge is 0.475 e. The van der Waals surface area contributed by atoms with E-state index in [0.29, 0.717) is 12.5 Å². The summed E-state index contributed by atoms with van der Waals surface area (Å²) in [5, 5.41) is 0.911. The number of aromatic nitrogens is 2. The zero-order valence-corrected chi connectivity index (χ0v) is 9.47. The molecule has 84 valence electrons. The molecule has 0 saturated carbocycles. The van der Waals surface area contributed by atoms with E-state index >= 15 is 0 Å². The monoisotopic (exact) mass is 217 g/mol. The van der Waals surface area contributed by atoms with E-state index in [2.05, 4.69) is 9.97 Å². The van der Waals surface area contributed by atoms with Gasteiger partial charge in [-0.2, -0.15) is 0 Å². The molecule has 0 bridgehead atoms. The molecular formula is C12H15N3O. The Morgan fingerprint density at radius 2 is 2.00 bits per heavy atom. The fourth-order valence-corrected chi connectivity index (χ4v) is 1.35. The van der Waals surface area contributed by atoms with Gasteiger partial charge in [0.25, 0.3) is 0 Å². The van der Waals surface area contributed by atoms with Crippen LogP contribution in [-0.2, 0) is 0 Å². The number of hydrogen-bond donors (Lipinski definition) is 1. The van der Waals surface area contributed by atoms with Crippen LogP contribution in [0.1, 0.15) is 13.8 Å². The number of nitrogens with two attached hydrogens (primary N) is 1. The summed E-state index contributed by atoms with van der Waals surface area (Å²) in [5.74, 6) is 0.587. The lowest BCUT2D eigenvalue weighted by molar-refractivity contribution is 0.238. The van der Waals surface area contributed by atoms with Crippen molar-refractivity contribution < 1.29 is 4.74 Å². The van der Waals surface area contributed by atoms with E-state index in [-0.39, 0.29) is 5.54 Å². The molecule has 1 aromatic carbocycles. The highest BCUT2D eigenvalue weighted by molar-refractivity contribution is 5.82. The lowest BCUT2D eigenvalue weighted by Crippen LogP contribution is -2.38.